The maximum Gasteiger partial charge on any atom is 0.274 e. The Balaban J connectivity index is 2.04. The second kappa shape index (κ2) is 7.48. The fraction of sp³-hybridized carbons (Fsp3) is 0.625. The molecule has 1 aromatic rings. The second-order valence-electron chi connectivity index (χ2n) is 6.75. The van der Waals surface area contributed by atoms with Gasteiger partial charge in [0.25, 0.3) is 5.91 Å². The van der Waals surface area contributed by atoms with Crippen LogP contribution in [0.1, 0.15) is 24.3 Å². The van der Waals surface area contributed by atoms with E-state index in [1.165, 1.54) is 18.5 Å². The standard InChI is InChI=1S/C16H25N3O4S/c1-11(2)12-9-19(7-8-24(3,22)23)10-13(12)18-16(21)15-14(20)5-4-6-17-15/h4-6,11-13,20H,7-10H2,1-3H3,(H,18,21)/t12-,13+/m0/s1. The summed E-state index contributed by atoms with van der Waals surface area (Å²) in [5.74, 6) is 0.117. The highest BCUT2D eigenvalue weighted by Crippen LogP contribution is 2.25. The first-order valence-corrected chi connectivity index (χ1v) is 10.1. The number of aromatic hydroxyl groups is 1. The highest BCUT2D eigenvalue weighted by molar-refractivity contribution is 7.90. The molecule has 0 spiro atoms. The van der Waals surface area contributed by atoms with Crippen LogP contribution in [-0.4, -0.2) is 67.0 Å². The van der Waals surface area contributed by atoms with E-state index >= 15 is 0 Å². The Bertz CT molecular complexity index is 690. The minimum absolute atomic E-state index is 0.00888. The number of nitrogens with one attached hydrogen (secondary N) is 1. The largest absolute Gasteiger partial charge is 0.505 e. The van der Waals surface area contributed by atoms with Gasteiger partial charge in [0.1, 0.15) is 15.6 Å². The number of hydrogen-bond acceptors (Lipinski definition) is 6. The molecule has 1 fully saturated rings. The number of aromatic nitrogens is 1. The predicted molar refractivity (Wildman–Crippen MR) is 91.6 cm³/mol. The fourth-order valence-corrected chi connectivity index (χ4v) is 3.62. The second-order valence-corrected chi connectivity index (χ2v) is 9.01. The maximum absolute atomic E-state index is 12.4. The van der Waals surface area contributed by atoms with E-state index in [-0.39, 0.29) is 29.2 Å². The smallest absolute Gasteiger partial charge is 0.274 e. The minimum Gasteiger partial charge on any atom is -0.505 e. The van der Waals surface area contributed by atoms with Crippen LogP contribution >= 0.6 is 0 Å². The van der Waals surface area contributed by atoms with Gasteiger partial charge in [0.05, 0.1) is 5.75 Å². The summed E-state index contributed by atoms with van der Waals surface area (Å²) < 4.78 is 22.7. The summed E-state index contributed by atoms with van der Waals surface area (Å²) in [6.45, 7) is 5.97. The van der Waals surface area contributed by atoms with Crippen LogP contribution in [0.25, 0.3) is 0 Å². The number of likely N-dealkylation sites (tertiary alicyclic amines) is 1. The van der Waals surface area contributed by atoms with Gasteiger partial charge in [-0.15, -0.1) is 0 Å². The Labute approximate surface area is 143 Å². The molecule has 2 atom stereocenters. The number of rotatable bonds is 6. The summed E-state index contributed by atoms with van der Waals surface area (Å²) in [6, 6.07) is 2.89. The molecule has 1 amide bonds. The lowest BCUT2D eigenvalue weighted by Gasteiger charge is -2.22. The Hall–Kier alpha value is -1.67. The van der Waals surface area contributed by atoms with Crippen molar-refractivity contribution in [3.05, 3.63) is 24.0 Å². The Morgan fingerprint density at radius 3 is 2.75 bits per heavy atom. The summed E-state index contributed by atoms with van der Waals surface area (Å²) in [5.41, 5.74) is 0.00888. The maximum atomic E-state index is 12.4. The lowest BCUT2D eigenvalue weighted by molar-refractivity contribution is 0.0917. The van der Waals surface area contributed by atoms with Crippen LogP contribution in [0.5, 0.6) is 5.75 Å². The SMILES string of the molecule is CC(C)[C@@H]1CN(CCS(C)(=O)=O)C[C@H]1NC(=O)c1ncccc1O. The molecule has 0 unspecified atom stereocenters. The van der Waals surface area contributed by atoms with Gasteiger partial charge in [0, 0.05) is 38.1 Å². The number of carbonyl (C=O) groups is 1. The Morgan fingerprint density at radius 2 is 2.17 bits per heavy atom. The van der Waals surface area contributed by atoms with E-state index in [0.29, 0.717) is 19.0 Å². The highest BCUT2D eigenvalue weighted by Gasteiger charge is 2.36. The molecule has 134 valence electrons. The van der Waals surface area contributed by atoms with Crippen LogP contribution in [0.15, 0.2) is 18.3 Å². The van der Waals surface area contributed by atoms with Crippen molar-refractivity contribution in [3.63, 3.8) is 0 Å². The molecule has 0 radical (unpaired) electrons. The number of nitrogens with zero attached hydrogens (tertiary/aromatic N) is 2. The van der Waals surface area contributed by atoms with Crippen molar-refractivity contribution in [1.82, 2.24) is 15.2 Å². The molecular weight excluding hydrogens is 330 g/mol. The third kappa shape index (κ3) is 4.91. The van der Waals surface area contributed by atoms with Gasteiger partial charge in [-0.05, 0) is 24.0 Å². The molecule has 0 bridgehead atoms. The fourth-order valence-electron chi connectivity index (χ4n) is 3.03. The zero-order chi connectivity index (χ0) is 17.9. The van der Waals surface area contributed by atoms with Crippen LogP contribution in [-0.2, 0) is 9.84 Å². The number of amides is 1. The van der Waals surface area contributed by atoms with Crippen molar-refractivity contribution in [1.29, 1.82) is 0 Å². The van der Waals surface area contributed by atoms with Gasteiger partial charge in [-0.25, -0.2) is 13.4 Å². The van der Waals surface area contributed by atoms with E-state index in [0.717, 1.165) is 6.54 Å². The monoisotopic (exact) mass is 355 g/mol. The Morgan fingerprint density at radius 1 is 1.46 bits per heavy atom. The third-order valence-corrected chi connectivity index (χ3v) is 5.32. The van der Waals surface area contributed by atoms with E-state index in [4.69, 9.17) is 0 Å². The van der Waals surface area contributed by atoms with Crippen LogP contribution in [0.2, 0.25) is 0 Å². The number of pyridine rings is 1. The topological polar surface area (TPSA) is 99.6 Å². The molecular formula is C16H25N3O4S. The van der Waals surface area contributed by atoms with E-state index in [2.05, 4.69) is 29.0 Å². The van der Waals surface area contributed by atoms with Gasteiger partial charge >= 0.3 is 0 Å². The minimum atomic E-state index is -3.01. The van der Waals surface area contributed by atoms with E-state index in [1.807, 2.05) is 0 Å². The van der Waals surface area contributed by atoms with Crippen molar-refractivity contribution < 1.29 is 18.3 Å². The normalized spacial score (nSPS) is 22.0. The summed E-state index contributed by atoms with van der Waals surface area (Å²) in [5, 5.41) is 12.7. The van der Waals surface area contributed by atoms with Crippen LogP contribution < -0.4 is 5.32 Å². The molecule has 2 rings (SSSR count). The van der Waals surface area contributed by atoms with Gasteiger partial charge < -0.3 is 10.4 Å². The number of hydrogen-bond donors (Lipinski definition) is 2. The van der Waals surface area contributed by atoms with Gasteiger partial charge in [-0.2, -0.15) is 0 Å². The molecule has 2 heterocycles. The molecule has 0 saturated carbocycles. The quantitative estimate of drug-likeness (QED) is 0.772. The molecule has 2 N–H and O–H groups in total. The van der Waals surface area contributed by atoms with Gasteiger partial charge in [-0.1, -0.05) is 13.8 Å². The summed E-state index contributed by atoms with van der Waals surface area (Å²) in [6.07, 6.45) is 2.69. The molecule has 24 heavy (non-hydrogen) atoms. The first kappa shape index (κ1) is 18.7. The van der Waals surface area contributed by atoms with Crippen LogP contribution in [0.3, 0.4) is 0 Å². The lowest BCUT2D eigenvalue weighted by Crippen LogP contribution is -2.42. The zero-order valence-electron chi connectivity index (χ0n) is 14.3. The molecule has 1 aliphatic rings. The number of sulfone groups is 1. The first-order chi connectivity index (χ1) is 11.2. The number of carbonyl (C=O) groups excluding carboxylic acids is 1. The van der Waals surface area contributed by atoms with Crippen molar-refractivity contribution in [2.45, 2.75) is 19.9 Å². The zero-order valence-corrected chi connectivity index (χ0v) is 15.1. The van der Waals surface area contributed by atoms with Gasteiger partial charge in [0.15, 0.2) is 5.69 Å². The summed E-state index contributed by atoms with van der Waals surface area (Å²) >= 11 is 0. The van der Waals surface area contributed by atoms with E-state index < -0.39 is 15.7 Å². The molecule has 0 aromatic carbocycles. The molecule has 1 aromatic heterocycles. The first-order valence-electron chi connectivity index (χ1n) is 8.02. The van der Waals surface area contributed by atoms with E-state index in [9.17, 15) is 18.3 Å². The van der Waals surface area contributed by atoms with Gasteiger partial charge in [-0.3, -0.25) is 9.69 Å². The van der Waals surface area contributed by atoms with Crippen molar-refractivity contribution in [3.8, 4) is 5.75 Å². The highest BCUT2D eigenvalue weighted by atomic mass is 32.2. The third-order valence-electron chi connectivity index (χ3n) is 4.39. The average molecular weight is 355 g/mol. The Kier molecular flexibility index (Phi) is 5.82. The van der Waals surface area contributed by atoms with Crippen LogP contribution in [0.4, 0.5) is 0 Å². The molecule has 7 nitrogen and oxygen atoms in total. The van der Waals surface area contributed by atoms with E-state index in [1.54, 1.807) is 6.07 Å². The average Bonchev–Trinajstić information content (AvgIpc) is 2.88. The summed E-state index contributed by atoms with van der Waals surface area (Å²) in [7, 11) is -3.01. The van der Waals surface area contributed by atoms with Crippen molar-refractivity contribution in [2.24, 2.45) is 11.8 Å². The lowest BCUT2D eigenvalue weighted by atomic mass is 9.91. The van der Waals surface area contributed by atoms with Gasteiger partial charge in [0.2, 0.25) is 0 Å². The molecule has 1 aliphatic heterocycles. The molecule has 8 heteroatoms. The summed E-state index contributed by atoms with van der Waals surface area (Å²) in [4.78, 5) is 18.4. The predicted octanol–water partition coefficient (Wildman–Crippen LogP) is 0.518. The van der Waals surface area contributed by atoms with Crippen molar-refractivity contribution >= 4 is 15.7 Å². The molecule has 1 saturated heterocycles. The molecule has 0 aliphatic carbocycles. The van der Waals surface area contributed by atoms with Crippen LogP contribution in [0, 0.1) is 11.8 Å². The van der Waals surface area contributed by atoms with Crippen molar-refractivity contribution in [2.75, 3.05) is 31.6 Å².